The molecule has 1 aromatic carbocycles. The van der Waals surface area contributed by atoms with E-state index in [-0.39, 0.29) is 0 Å². The van der Waals surface area contributed by atoms with Crippen LogP contribution in [0.3, 0.4) is 0 Å². The summed E-state index contributed by atoms with van der Waals surface area (Å²) < 4.78 is 16.8. The van der Waals surface area contributed by atoms with Crippen LogP contribution in [0.2, 0.25) is 0 Å². The van der Waals surface area contributed by atoms with Crippen molar-refractivity contribution in [3.63, 3.8) is 0 Å². The quantitative estimate of drug-likeness (QED) is 0.675. The van der Waals surface area contributed by atoms with Crippen LogP contribution in [0.4, 0.5) is 0 Å². The molecule has 0 spiro atoms. The molecule has 0 saturated heterocycles. The van der Waals surface area contributed by atoms with E-state index in [0.717, 1.165) is 0 Å². The van der Waals surface area contributed by atoms with E-state index in [4.69, 9.17) is 4.52 Å². The molecule has 0 aliphatic heterocycles. The van der Waals surface area contributed by atoms with Crippen LogP contribution in [-0.4, -0.2) is 12.8 Å². The van der Waals surface area contributed by atoms with Crippen LogP contribution in [0, 0.1) is 0 Å². The molecule has 0 saturated carbocycles. The van der Waals surface area contributed by atoms with Crippen LogP contribution < -0.4 is 4.52 Å². The van der Waals surface area contributed by atoms with E-state index >= 15 is 0 Å². The van der Waals surface area contributed by atoms with Gasteiger partial charge in [0.15, 0.2) is 0 Å². The lowest BCUT2D eigenvalue weighted by Gasteiger charge is -2.12. The summed E-state index contributed by atoms with van der Waals surface area (Å²) in [5.41, 5.74) is 0. The number of para-hydroxylation sites is 1. The Morgan fingerprint density at radius 2 is 1.92 bits per heavy atom. The van der Waals surface area contributed by atoms with Crippen molar-refractivity contribution >= 4 is 7.37 Å². The molecule has 0 N–H and O–H groups in total. The van der Waals surface area contributed by atoms with E-state index < -0.39 is 7.37 Å². The minimum absolute atomic E-state index is 0.571. The van der Waals surface area contributed by atoms with Crippen LogP contribution >= 0.6 is 7.37 Å². The monoisotopic (exact) mass is 184 g/mol. The first-order valence-electron chi connectivity index (χ1n) is 3.95. The molecule has 0 unspecified atom stereocenters. The average Bonchev–Trinajstić information content (AvgIpc) is 2.06. The van der Waals surface area contributed by atoms with Crippen molar-refractivity contribution in [2.75, 3.05) is 12.8 Å². The summed E-state index contributed by atoms with van der Waals surface area (Å²) in [4.78, 5) is 0. The van der Waals surface area contributed by atoms with Crippen LogP contribution in [0.15, 0.2) is 30.3 Å². The van der Waals surface area contributed by atoms with Gasteiger partial charge in [0.05, 0.1) is 0 Å². The van der Waals surface area contributed by atoms with Crippen molar-refractivity contribution in [1.29, 1.82) is 0 Å². The van der Waals surface area contributed by atoms with Crippen molar-refractivity contribution < 1.29 is 9.09 Å². The summed E-state index contributed by atoms with van der Waals surface area (Å²) in [5, 5.41) is 0. The van der Waals surface area contributed by atoms with Crippen LogP contribution in [0.1, 0.15) is 6.92 Å². The van der Waals surface area contributed by atoms with Gasteiger partial charge < -0.3 is 4.52 Å². The van der Waals surface area contributed by atoms with Crippen molar-refractivity contribution in [2.24, 2.45) is 0 Å². The molecule has 12 heavy (non-hydrogen) atoms. The Bertz CT molecular complexity index is 282. The topological polar surface area (TPSA) is 26.3 Å². The standard InChI is InChI=1S/C9H13O2P/c1-3-12(2,10)11-9-7-5-4-6-8-9/h4-8H,3H2,1-2H3/t12-/m0/s1. The van der Waals surface area contributed by atoms with Gasteiger partial charge in [0.2, 0.25) is 7.37 Å². The lowest BCUT2D eigenvalue weighted by atomic mass is 10.3. The van der Waals surface area contributed by atoms with Gasteiger partial charge >= 0.3 is 0 Å². The number of hydrogen-bond donors (Lipinski definition) is 0. The SMILES string of the molecule is CC[P@@](C)(=O)Oc1ccccc1. The Kier molecular flexibility index (Phi) is 2.93. The molecule has 1 aromatic rings. The van der Waals surface area contributed by atoms with E-state index in [1.54, 1.807) is 6.66 Å². The van der Waals surface area contributed by atoms with Crippen molar-refractivity contribution in [3.05, 3.63) is 30.3 Å². The lowest BCUT2D eigenvalue weighted by molar-refractivity contribution is 0.489. The van der Waals surface area contributed by atoms with Gasteiger partial charge in [0.25, 0.3) is 0 Å². The highest BCUT2D eigenvalue weighted by atomic mass is 31.2. The third-order valence-electron chi connectivity index (χ3n) is 1.62. The number of rotatable bonds is 3. The molecular formula is C9H13O2P. The minimum Gasteiger partial charge on any atom is -0.443 e. The molecule has 0 bridgehead atoms. The summed E-state index contributed by atoms with van der Waals surface area (Å²) in [6.45, 7) is 3.52. The smallest absolute Gasteiger partial charge is 0.244 e. The summed E-state index contributed by atoms with van der Waals surface area (Å²) in [7, 11) is -2.40. The van der Waals surface area contributed by atoms with Gasteiger partial charge in [0.1, 0.15) is 5.75 Å². The van der Waals surface area contributed by atoms with Crippen molar-refractivity contribution in [3.8, 4) is 5.75 Å². The largest absolute Gasteiger partial charge is 0.443 e. The Labute approximate surface area is 73.0 Å². The van der Waals surface area contributed by atoms with Gasteiger partial charge in [-0.1, -0.05) is 25.1 Å². The van der Waals surface area contributed by atoms with Crippen molar-refractivity contribution in [2.45, 2.75) is 6.92 Å². The average molecular weight is 184 g/mol. The molecule has 0 aromatic heterocycles. The molecule has 1 atom stereocenters. The maximum absolute atomic E-state index is 11.5. The van der Waals surface area contributed by atoms with Gasteiger partial charge in [-0.3, -0.25) is 4.57 Å². The van der Waals surface area contributed by atoms with E-state index in [2.05, 4.69) is 0 Å². The molecule has 0 aliphatic rings. The van der Waals surface area contributed by atoms with E-state index in [1.807, 2.05) is 37.3 Å². The fraction of sp³-hybridized carbons (Fsp3) is 0.333. The first-order chi connectivity index (χ1) is 5.64. The Balaban J connectivity index is 2.71. The van der Waals surface area contributed by atoms with Gasteiger partial charge in [-0.05, 0) is 12.1 Å². The highest BCUT2D eigenvalue weighted by Crippen LogP contribution is 2.42. The molecule has 2 nitrogen and oxygen atoms in total. The zero-order valence-electron chi connectivity index (χ0n) is 7.36. The molecule has 3 heteroatoms. The molecular weight excluding hydrogens is 171 g/mol. The first kappa shape index (κ1) is 9.34. The van der Waals surface area contributed by atoms with Gasteiger partial charge in [-0.15, -0.1) is 0 Å². The fourth-order valence-electron chi connectivity index (χ4n) is 0.769. The molecule has 0 amide bonds. The second-order valence-electron chi connectivity index (χ2n) is 2.73. The maximum atomic E-state index is 11.5. The number of benzene rings is 1. The zero-order valence-corrected chi connectivity index (χ0v) is 8.25. The second kappa shape index (κ2) is 3.77. The fourth-order valence-corrected chi connectivity index (χ4v) is 1.47. The maximum Gasteiger partial charge on any atom is 0.244 e. The Morgan fingerprint density at radius 1 is 1.33 bits per heavy atom. The number of hydrogen-bond acceptors (Lipinski definition) is 2. The molecule has 0 heterocycles. The predicted octanol–water partition coefficient (Wildman–Crippen LogP) is 2.99. The summed E-state index contributed by atoms with van der Waals surface area (Å²) in [6.07, 6.45) is 0.571. The first-order valence-corrected chi connectivity index (χ1v) is 6.21. The molecule has 0 aliphatic carbocycles. The van der Waals surface area contributed by atoms with Crippen LogP contribution in [0.5, 0.6) is 5.75 Å². The van der Waals surface area contributed by atoms with Gasteiger partial charge in [-0.25, -0.2) is 0 Å². The highest BCUT2D eigenvalue weighted by Gasteiger charge is 2.12. The third kappa shape index (κ3) is 2.71. The molecule has 66 valence electrons. The zero-order chi connectivity index (χ0) is 9.03. The van der Waals surface area contributed by atoms with E-state index in [1.165, 1.54) is 0 Å². The van der Waals surface area contributed by atoms with Crippen molar-refractivity contribution in [1.82, 2.24) is 0 Å². The summed E-state index contributed by atoms with van der Waals surface area (Å²) >= 11 is 0. The normalized spacial score (nSPS) is 15.2. The summed E-state index contributed by atoms with van der Waals surface area (Å²) in [5.74, 6) is 0.685. The molecule has 0 radical (unpaired) electrons. The van der Waals surface area contributed by atoms with E-state index in [0.29, 0.717) is 11.9 Å². The van der Waals surface area contributed by atoms with Crippen LogP contribution in [-0.2, 0) is 4.57 Å². The minimum atomic E-state index is -2.40. The second-order valence-corrected chi connectivity index (χ2v) is 5.58. The predicted molar refractivity (Wildman–Crippen MR) is 51.1 cm³/mol. The summed E-state index contributed by atoms with van der Waals surface area (Å²) in [6, 6.07) is 9.26. The van der Waals surface area contributed by atoms with Crippen LogP contribution in [0.25, 0.3) is 0 Å². The lowest BCUT2D eigenvalue weighted by Crippen LogP contribution is -1.92. The molecule has 0 fully saturated rings. The Morgan fingerprint density at radius 3 is 2.42 bits per heavy atom. The highest BCUT2D eigenvalue weighted by molar-refractivity contribution is 7.58. The van der Waals surface area contributed by atoms with Gasteiger partial charge in [0, 0.05) is 12.8 Å². The Hall–Kier alpha value is -0.750. The van der Waals surface area contributed by atoms with Gasteiger partial charge in [-0.2, -0.15) is 0 Å². The molecule has 1 rings (SSSR count). The third-order valence-corrected chi connectivity index (χ3v) is 3.36. The van der Waals surface area contributed by atoms with E-state index in [9.17, 15) is 4.57 Å².